The van der Waals surface area contributed by atoms with Crippen LogP contribution >= 0.6 is 0 Å². The van der Waals surface area contributed by atoms with Crippen molar-refractivity contribution < 1.29 is 14.7 Å². The van der Waals surface area contributed by atoms with Gasteiger partial charge in [-0.2, -0.15) is 15.4 Å². The molecule has 0 saturated carbocycles. The Morgan fingerprint density at radius 3 is 2.20 bits per heavy atom. The molecule has 0 aliphatic carbocycles. The van der Waals surface area contributed by atoms with Crippen LogP contribution in [0.1, 0.15) is 36.0 Å². The summed E-state index contributed by atoms with van der Waals surface area (Å²) >= 11 is 0. The molecule has 0 bridgehead atoms. The summed E-state index contributed by atoms with van der Waals surface area (Å²) < 4.78 is 0. The molecule has 1 aromatic heterocycles. The Kier molecular flexibility index (Phi) is 3.82. The van der Waals surface area contributed by atoms with E-state index in [1.807, 2.05) is 4.90 Å². The number of carbonyl (C=O) groups excluding carboxylic acids is 1. The Hall–Kier alpha value is -2.64. The van der Waals surface area contributed by atoms with E-state index in [4.69, 9.17) is 5.11 Å². The van der Waals surface area contributed by atoms with Crippen LogP contribution in [0, 0.1) is 5.41 Å². The Morgan fingerprint density at radius 1 is 0.960 bits per heavy atom. The number of aromatic amines is 1. The van der Waals surface area contributed by atoms with E-state index >= 15 is 0 Å². The molecule has 0 atom stereocenters. The van der Waals surface area contributed by atoms with Crippen molar-refractivity contribution in [1.29, 1.82) is 0 Å². The van der Waals surface area contributed by atoms with E-state index in [0.717, 1.165) is 44.3 Å². The molecule has 0 radical (unpaired) electrons. The van der Waals surface area contributed by atoms with Crippen molar-refractivity contribution in [1.82, 2.24) is 25.2 Å². The molecule has 2 aromatic rings. The number of likely N-dealkylation sites (tertiary alicyclic amines) is 2. The molecule has 132 valence electrons. The molecule has 3 heterocycles. The van der Waals surface area contributed by atoms with Gasteiger partial charge in [-0.15, -0.1) is 0 Å². The van der Waals surface area contributed by atoms with Crippen LogP contribution in [-0.4, -0.2) is 68.5 Å². The summed E-state index contributed by atoms with van der Waals surface area (Å²) in [5, 5.41) is 19.7. The number of carbonyl (C=O) groups is 2. The lowest BCUT2D eigenvalue weighted by Gasteiger charge is -2.46. The molecule has 2 amide bonds. The first-order chi connectivity index (χ1) is 12.1. The fraction of sp³-hybridized carbons (Fsp3) is 0.529. The summed E-state index contributed by atoms with van der Waals surface area (Å²) in [4.78, 5) is 27.2. The van der Waals surface area contributed by atoms with Gasteiger partial charge in [-0.3, -0.25) is 4.79 Å². The zero-order chi connectivity index (χ0) is 17.4. The van der Waals surface area contributed by atoms with Gasteiger partial charge in [0.1, 0.15) is 11.0 Å². The van der Waals surface area contributed by atoms with Gasteiger partial charge in [-0.25, -0.2) is 4.79 Å². The molecule has 2 N–H and O–H groups in total. The molecule has 1 aromatic carbocycles. The average molecular weight is 343 g/mol. The molecular formula is C17H21N5O3. The van der Waals surface area contributed by atoms with Gasteiger partial charge in [0.25, 0.3) is 5.91 Å². The predicted octanol–water partition coefficient (Wildman–Crippen LogP) is 1.95. The fourth-order valence-corrected chi connectivity index (χ4v) is 4.01. The Balaban J connectivity index is 1.40. The van der Waals surface area contributed by atoms with Crippen LogP contribution in [0.5, 0.6) is 0 Å². The van der Waals surface area contributed by atoms with E-state index < -0.39 is 6.09 Å². The maximum Gasteiger partial charge on any atom is 0.407 e. The second-order valence-corrected chi connectivity index (χ2v) is 7.09. The summed E-state index contributed by atoms with van der Waals surface area (Å²) in [7, 11) is 0. The fourth-order valence-electron chi connectivity index (χ4n) is 4.01. The minimum Gasteiger partial charge on any atom is -0.465 e. The van der Waals surface area contributed by atoms with Crippen molar-refractivity contribution >= 4 is 23.0 Å². The third-order valence-electron chi connectivity index (χ3n) is 5.77. The average Bonchev–Trinajstić information content (AvgIpc) is 3.10. The number of H-pyrrole nitrogens is 1. The van der Waals surface area contributed by atoms with Crippen LogP contribution in [-0.2, 0) is 0 Å². The number of amides is 2. The Bertz CT molecular complexity index is 799. The third-order valence-corrected chi connectivity index (χ3v) is 5.77. The topological polar surface area (TPSA) is 102 Å². The van der Waals surface area contributed by atoms with Crippen LogP contribution in [0.15, 0.2) is 18.2 Å². The van der Waals surface area contributed by atoms with Crippen molar-refractivity contribution in [2.24, 2.45) is 5.41 Å². The summed E-state index contributed by atoms with van der Waals surface area (Å²) in [6.45, 7) is 2.66. The summed E-state index contributed by atoms with van der Waals surface area (Å²) in [6.07, 6.45) is 2.85. The number of hydrogen-bond acceptors (Lipinski definition) is 4. The van der Waals surface area contributed by atoms with E-state index in [1.54, 1.807) is 18.2 Å². The molecule has 2 saturated heterocycles. The molecule has 1 spiro atoms. The number of hydrogen-bond donors (Lipinski definition) is 2. The molecule has 4 rings (SSSR count). The number of benzene rings is 1. The smallest absolute Gasteiger partial charge is 0.407 e. The summed E-state index contributed by atoms with van der Waals surface area (Å²) in [5.41, 5.74) is 2.27. The lowest BCUT2D eigenvalue weighted by molar-refractivity contribution is 0.0319. The first-order valence-corrected chi connectivity index (χ1v) is 8.64. The number of nitrogens with one attached hydrogen (secondary N) is 1. The number of carboxylic acid groups (broad SMARTS) is 1. The van der Waals surface area contributed by atoms with Crippen LogP contribution in [0.2, 0.25) is 0 Å². The van der Waals surface area contributed by atoms with Crippen molar-refractivity contribution in [3.63, 3.8) is 0 Å². The quantitative estimate of drug-likeness (QED) is 0.824. The van der Waals surface area contributed by atoms with Gasteiger partial charge < -0.3 is 14.9 Å². The standard InChI is InChI=1S/C17H21N5O3/c23-15(12-1-2-13-14(11-12)19-20-18-13)21-7-3-17(4-8-21)5-9-22(10-6-17)16(24)25/h1-2,11H,3-10H2,(H,24,25)(H,18,19,20). The van der Waals surface area contributed by atoms with Gasteiger partial charge in [0, 0.05) is 31.7 Å². The number of aromatic nitrogens is 3. The first kappa shape index (κ1) is 15.9. The SMILES string of the molecule is O=C(O)N1CCC2(CC1)CCN(C(=O)c1ccc3n[nH]nc3c1)CC2. The van der Waals surface area contributed by atoms with E-state index in [2.05, 4.69) is 15.4 Å². The van der Waals surface area contributed by atoms with Gasteiger partial charge in [-0.1, -0.05) is 0 Å². The molecule has 25 heavy (non-hydrogen) atoms. The highest BCUT2D eigenvalue weighted by Crippen LogP contribution is 2.41. The van der Waals surface area contributed by atoms with Gasteiger partial charge in [0.15, 0.2) is 0 Å². The lowest BCUT2D eigenvalue weighted by Crippen LogP contribution is -2.49. The van der Waals surface area contributed by atoms with E-state index in [-0.39, 0.29) is 11.3 Å². The highest BCUT2D eigenvalue weighted by molar-refractivity contribution is 5.97. The van der Waals surface area contributed by atoms with Crippen LogP contribution in [0.4, 0.5) is 4.79 Å². The van der Waals surface area contributed by atoms with Crippen LogP contribution in [0.25, 0.3) is 11.0 Å². The molecule has 8 heteroatoms. The monoisotopic (exact) mass is 343 g/mol. The molecule has 2 aliphatic rings. The lowest BCUT2D eigenvalue weighted by atomic mass is 9.71. The largest absolute Gasteiger partial charge is 0.465 e. The molecule has 2 aliphatic heterocycles. The van der Waals surface area contributed by atoms with Crippen LogP contribution in [0.3, 0.4) is 0 Å². The first-order valence-electron chi connectivity index (χ1n) is 8.64. The van der Waals surface area contributed by atoms with Gasteiger partial charge in [0.05, 0.1) is 0 Å². The minimum atomic E-state index is -0.828. The summed E-state index contributed by atoms with van der Waals surface area (Å²) in [5.74, 6) is 0.0303. The van der Waals surface area contributed by atoms with Gasteiger partial charge >= 0.3 is 6.09 Å². The maximum atomic E-state index is 12.8. The van der Waals surface area contributed by atoms with Crippen molar-refractivity contribution in [3.05, 3.63) is 23.8 Å². The zero-order valence-corrected chi connectivity index (χ0v) is 13.9. The number of piperidine rings is 2. The predicted molar refractivity (Wildman–Crippen MR) is 90.3 cm³/mol. The van der Waals surface area contributed by atoms with E-state index in [1.165, 1.54) is 4.90 Å². The zero-order valence-electron chi connectivity index (χ0n) is 13.9. The maximum absolute atomic E-state index is 12.8. The number of nitrogens with zero attached hydrogens (tertiary/aromatic N) is 4. The van der Waals surface area contributed by atoms with Gasteiger partial charge in [-0.05, 0) is 49.3 Å². The highest BCUT2D eigenvalue weighted by Gasteiger charge is 2.39. The Labute approximate surface area is 144 Å². The van der Waals surface area contributed by atoms with Crippen LogP contribution < -0.4 is 0 Å². The Morgan fingerprint density at radius 2 is 1.56 bits per heavy atom. The molecule has 2 fully saturated rings. The van der Waals surface area contributed by atoms with E-state index in [9.17, 15) is 9.59 Å². The molecular weight excluding hydrogens is 322 g/mol. The van der Waals surface area contributed by atoms with Crippen molar-refractivity contribution in [3.8, 4) is 0 Å². The number of fused-ring (bicyclic) bond motifs is 1. The second kappa shape index (κ2) is 6.02. The third kappa shape index (κ3) is 2.92. The van der Waals surface area contributed by atoms with Crippen molar-refractivity contribution in [2.45, 2.75) is 25.7 Å². The van der Waals surface area contributed by atoms with Crippen molar-refractivity contribution in [2.75, 3.05) is 26.2 Å². The highest BCUT2D eigenvalue weighted by atomic mass is 16.4. The second-order valence-electron chi connectivity index (χ2n) is 7.09. The minimum absolute atomic E-state index is 0.0303. The molecule has 8 nitrogen and oxygen atoms in total. The number of rotatable bonds is 1. The normalized spacial score (nSPS) is 20.2. The van der Waals surface area contributed by atoms with E-state index in [0.29, 0.717) is 24.2 Å². The summed E-state index contributed by atoms with van der Waals surface area (Å²) in [6, 6.07) is 5.37. The van der Waals surface area contributed by atoms with Gasteiger partial charge in [0.2, 0.25) is 0 Å². The molecule has 0 unspecified atom stereocenters.